The number of carbonyl (C=O) groups is 3. The smallest absolute Gasteiger partial charge is 0.303 e. The minimum atomic E-state index is -1.08. The van der Waals surface area contributed by atoms with Crippen LogP contribution in [0.25, 0.3) is 11.1 Å². The summed E-state index contributed by atoms with van der Waals surface area (Å²) in [5, 5.41) is 21.6. The lowest BCUT2D eigenvalue weighted by molar-refractivity contribution is -0.137. The van der Waals surface area contributed by atoms with Crippen LogP contribution in [0.5, 0.6) is 5.75 Å². The third-order valence-electron chi connectivity index (χ3n) is 4.11. The molecule has 3 N–H and O–H groups in total. The molecule has 0 bridgehead atoms. The maximum Gasteiger partial charge on any atom is 0.303 e. The highest BCUT2D eigenvalue weighted by atomic mass is 16.4. The molecule has 134 valence electrons. The molecule has 26 heavy (non-hydrogen) atoms. The van der Waals surface area contributed by atoms with Crippen LogP contribution in [0.1, 0.15) is 36.2 Å². The number of aliphatic carboxylic acids is 1. The quantitative estimate of drug-likeness (QED) is 0.658. The van der Waals surface area contributed by atoms with E-state index in [2.05, 4.69) is 10.3 Å². The Morgan fingerprint density at radius 1 is 1.12 bits per heavy atom. The predicted molar refractivity (Wildman–Crippen MR) is 93.9 cm³/mol. The van der Waals surface area contributed by atoms with Crippen molar-refractivity contribution in [2.24, 2.45) is 5.92 Å². The molecule has 1 heterocycles. The van der Waals surface area contributed by atoms with Crippen LogP contribution in [0, 0.1) is 5.92 Å². The molecule has 2 aromatic rings. The lowest BCUT2D eigenvalue weighted by Crippen LogP contribution is -2.13. The van der Waals surface area contributed by atoms with Gasteiger partial charge >= 0.3 is 5.97 Å². The van der Waals surface area contributed by atoms with Crippen molar-refractivity contribution >= 4 is 23.3 Å². The monoisotopic (exact) mass is 354 g/mol. The summed E-state index contributed by atoms with van der Waals surface area (Å²) in [6.45, 7) is 0. The van der Waals surface area contributed by atoms with Gasteiger partial charge in [-0.15, -0.1) is 0 Å². The van der Waals surface area contributed by atoms with E-state index < -0.39 is 11.8 Å². The summed E-state index contributed by atoms with van der Waals surface area (Å²) in [5.41, 5.74) is 1.82. The normalized spacial score (nSPS) is 13.2. The first-order chi connectivity index (χ1) is 12.4. The second-order valence-corrected chi connectivity index (χ2v) is 6.25. The molecule has 7 heteroatoms. The van der Waals surface area contributed by atoms with Gasteiger partial charge in [-0.05, 0) is 36.6 Å². The number of carboxylic acids is 1. The van der Waals surface area contributed by atoms with Gasteiger partial charge in [0.05, 0.1) is 6.42 Å². The topological polar surface area (TPSA) is 117 Å². The van der Waals surface area contributed by atoms with Crippen LogP contribution in [0.2, 0.25) is 0 Å². The number of hydrogen-bond donors (Lipinski definition) is 3. The number of anilines is 1. The van der Waals surface area contributed by atoms with Crippen LogP contribution in [-0.4, -0.2) is 32.9 Å². The van der Waals surface area contributed by atoms with Gasteiger partial charge < -0.3 is 15.5 Å². The summed E-state index contributed by atoms with van der Waals surface area (Å²) in [6, 6.07) is 8.53. The lowest BCUT2D eigenvalue weighted by atomic mass is 10.0. The average molecular weight is 354 g/mol. The summed E-state index contributed by atoms with van der Waals surface area (Å²) < 4.78 is 0. The maximum atomic E-state index is 11.9. The highest BCUT2D eigenvalue weighted by Crippen LogP contribution is 2.31. The number of aromatic nitrogens is 1. The number of benzene rings is 1. The van der Waals surface area contributed by atoms with Gasteiger partial charge in [-0.2, -0.15) is 0 Å². The van der Waals surface area contributed by atoms with E-state index in [1.165, 1.54) is 12.3 Å². The standard InChI is InChI=1S/C19H18N2O5/c22-15(6-7-17(24)25)18-16(23)9-13(10-20-18)12-2-1-3-14(8-12)21-19(26)11-4-5-11/h1-3,8-11,23H,4-7H2,(H,21,26)(H,24,25). The van der Waals surface area contributed by atoms with E-state index in [-0.39, 0.29) is 36.1 Å². The van der Waals surface area contributed by atoms with Crippen molar-refractivity contribution < 1.29 is 24.6 Å². The summed E-state index contributed by atoms with van der Waals surface area (Å²) >= 11 is 0. The summed E-state index contributed by atoms with van der Waals surface area (Å²) in [7, 11) is 0. The van der Waals surface area contributed by atoms with Crippen LogP contribution in [0.4, 0.5) is 5.69 Å². The zero-order valence-electron chi connectivity index (χ0n) is 13.9. The first-order valence-corrected chi connectivity index (χ1v) is 8.29. The Kier molecular flexibility index (Phi) is 4.97. The number of nitrogens with one attached hydrogen (secondary N) is 1. The van der Waals surface area contributed by atoms with Gasteiger partial charge in [0.1, 0.15) is 11.4 Å². The van der Waals surface area contributed by atoms with Gasteiger partial charge in [0.25, 0.3) is 0 Å². The number of Topliss-reactive ketones (excluding diaryl/α,β-unsaturated/α-hetero) is 1. The molecule has 0 radical (unpaired) electrons. The highest BCUT2D eigenvalue weighted by molar-refractivity contribution is 5.98. The second kappa shape index (κ2) is 7.35. The molecule has 7 nitrogen and oxygen atoms in total. The van der Waals surface area contributed by atoms with Gasteiger partial charge in [-0.25, -0.2) is 4.98 Å². The van der Waals surface area contributed by atoms with Gasteiger partial charge in [0.15, 0.2) is 5.78 Å². The van der Waals surface area contributed by atoms with E-state index in [0.29, 0.717) is 11.3 Å². The molecule has 1 aromatic heterocycles. The SMILES string of the molecule is O=C(O)CCC(=O)c1ncc(-c2cccc(NC(=O)C3CC3)c2)cc1O. The molecule has 1 amide bonds. The molecule has 0 saturated heterocycles. The van der Waals surface area contributed by atoms with Crippen molar-refractivity contribution in [1.29, 1.82) is 0 Å². The van der Waals surface area contributed by atoms with E-state index >= 15 is 0 Å². The van der Waals surface area contributed by atoms with E-state index in [9.17, 15) is 19.5 Å². The molecule has 1 aromatic carbocycles. The molecule has 0 aliphatic heterocycles. The van der Waals surface area contributed by atoms with E-state index in [4.69, 9.17) is 5.11 Å². The Morgan fingerprint density at radius 2 is 1.88 bits per heavy atom. The van der Waals surface area contributed by atoms with Crippen LogP contribution >= 0.6 is 0 Å². The third-order valence-corrected chi connectivity index (χ3v) is 4.11. The second-order valence-electron chi connectivity index (χ2n) is 6.25. The number of aromatic hydroxyl groups is 1. The Labute approximate surface area is 149 Å². The number of ketones is 1. The Morgan fingerprint density at radius 3 is 2.54 bits per heavy atom. The number of amides is 1. The van der Waals surface area contributed by atoms with Crippen LogP contribution < -0.4 is 5.32 Å². The average Bonchev–Trinajstić information content (AvgIpc) is 3.45. The number of rotatable bonds is 7. The van der Waals surface area contributed by atoms with Crippen LogP contribution in [0.3, 0.4) is 0 Å². The van der Waals surface area contributed by atoms with Crippen molar-refractivity contribution in [3.8, 4) is 16.9 Å². The fourth-order valence-corrected chi connectivity index (χ4v) is 2.53. The molecule has 0 atom stereocenters. The number of hydrogen-bond acceptors (Lipinski definition) is 5. The van der Waals surface area contributed by atoms with E-state index in [0.717, 1.165) is 18.4 Å². The first-order valence-electron chi connectivity index (χ1n) is 8.29. The van der Waals surface area contributed by atoms with Crippen molar-refractivity contribution in [2.45, 2.75) is 25.7 Å². The van der Waals surface area contributed by atoms with Gasteiger partial charge in [0.2, 0.25) is 5.91 Å². The van der Waals surface area contributed by atoms with E-state index in [1.807, 2.05) is 0 Å². The number of pyridine rings is 1. The van der Waals surface area contributed by atoms with E-state index in [1.54, 1.807) is 24.3 Å². The van der Waals surface area contributed by atoms with Crippen molar-refractivity contribution in [1.82, 2.24) is 4.98 Å². The van der Waals surface area contributed by atoms with Gasteiger partial charge in [-0.3, -0.25) is 14.4 Å². The fraction of sp³-hybridized carbons (Fsp3) is 0.263. The first kappa shape index (κ1) is 17.6. The van der Waals surface area contributed by atoms with Crippen molar-refractivity contribution in [3.05, 3.63) is 42.2 Å². The molecular formula is C19H18N2O5. The number of carbonyl (C=O) groups excluding carboxylic acids is 2. The van der Waals surface area contributed by atoms with Gasteiger partial charge in [-0.1, -0.05) is 12.1 Å². The predicted octanol–water partition coefficient (Wildman–Crippen LogP) is 2.85. The maximum absolute atomic E-state index is 11.9. The summed E-state index contributed by atoms with van der Waals surface area (Å²) in [5.74, 6) is -1.81. The van der Waals surface area contributed by atoms with Crippen molar-refractivity contribution in [3.63, 3.8) is 0 Å². The molecular weight excluding hydrogens is 336 g/mol. The number of nitrogens with zero attached hydrogens (tertiary/aromatic N) is 1. The number of carboxylic acid groups (broad SMARTS) is 1. The summed E-state index contributed by atoms with van der Waals surface area (Å²) in [4.78, 5) is 38.3. The zero-order chi connectivity index (χ0) is 18.7. The molecule has 0 spiro atoms. The molecule has 3 rings (SSSR count). The fourth-order valence-electron chi connectivity index (χ4n) is 2.53. The Hall–Kier alpha value is -3.22. The summed E-state index contributed by atoms with van der Waals surface area (Å²) in [6.07, 6.45) is 2.74. The minimum Gasteiger partial charge on any atom is -0.506 e. The molecule has 1 aliphatic carbocycles. The molecule has 1 aliphatic rings. The molecule has 1 saturated carbocycles. The third kappa shape index (κ3) is 4.24. The minimum absolute atomic E-state index is 0.00231. The largest absolute Gasteiger partial charge is 0.506 e. The van der Waals surface area contributed by atoms with Crippen LogP contribution in [-0.2, 0) is 9.59 Å². The van der Waals surface area contributed by atoms with Crippen LogP contribution in [0.15, 0.2) is 36.5 Å². The highest BCUT2D eigenvalue weighted by Gasteiger charge is 2.29. The lowest BCUT2D eigenvalue weighted by Gasteiger charge is -2.09. The Balaban J connectivity index is 1.77. The van der Waals surface area contributed by atoms with Gasteiger partial charge in [0, 0.05) is 29.8 Å². The molecule has 0 unspecified atom stereocenters. The Bertz CT molecular complexity index is 874. The molecule has 1 fully saturated rings. The van der Waals surface area contributed by atoms with Crippen molar-refractivity contribution in [2.75, 3.05) is 5.32 Å². The zero-order valence-corrected chi connectivity index (χ0v) is 13.9.